The molecule has 9 heteroatoms. The van der Waals surface area contributed by atoms with E-state index in [2.05, 4.69) is 60.7 Å². The molecule has 1 aromatic carbocycles. The van der Waals surface area contributed by atoms with Gasteiger partial charge in [-0.3, -0.25) is 4.79 Å². The lowest BCUT2D eigenvalue weighted by atomic mass is 9.86. The van der Waals surface area contributed by atoms with Crippen molar-refractivity contribution < 1.29 is 14.3 Å². The first-order valence-electron chi connectivity index (χ1n) is 14.5. The number of piperazine rings is 1. The van der Waals surface area contributed by atoms with Gasteiger partial charge in [0.2, 0.25) is 11.8 Å². The van der Waals surface area contributed by atoms with Gasteiger partial charge in [-0.15, -0.1) is 0 Å². The number of carbonyl (C=O) groups excluding carboxylic acids is 1. The van der Waals surface area contributed by atoms with Crippen molar-refractivity contribution in [1.82, 2.24) is 19.8 Å². The minimum absolute atomic E-state index is 0.145. The van der Waals surface area contributed by atoms with Crippen molar-refractivity contribution in [2.75, 3.05) is 44.7 Å². The highest BCUT2D eigenvalue weighted by Gasteiger charge is 2.48. The van der Waals surface area contributed by atoms with E-state index in [0.29, 0.717) is 50.1 Å². The van der Waals surface area contributed by atoms with E-state index in [0.717, 1.165) is 50.0 Å². The molecular weight excluding hydrogens is 504 g/mol. The van der Waals surface area contributed by atoms with Crippen molar-refractivity contribution in [2.24, 2.45) is 0 Å². The van der Waals surface area contributed by atoms with Gasteiger partial charge in [0.25, 0.3) is 0 Å². The molecule has 1 amide bonds. The number of hydrogen-bond acceptors (Lipinski definition) is 8. The fourth-order valence-corrected chi connectivity index (χ4v) is 7.11. The van der Waals surface area contributed by atoms with Crippen LogP contribution in [0.5, 0.6) is 11.9 Å². The number of amides is 1. The lowest BCUT2D eigenvalue weighted by molar-refractivity contribution is -0.128. The van der Waals surface area contributed by atoms with Crippen LogP contribution < -0.4 is 14.4 Å². The van der Waals surface area contributed by atoms with Crippen LogP contribution >= 0.6 is 0 Å². The molecule has 210 valence electrons. The first-order valence-corrected chi connectivity index (χ1v) is 14.5. The zero-order valence-electron chi connectivity index (χ0n) is 23.5. The number of likely N-dealkylation sites (N-methyl/N-ethyl adjacent to an activating group) is 1. The molecule has 4 heterocycles. The van der Waals surface area contributed by atoms with Gasteiger partial charge in [0.1, 0.15) is 18.0 Å². The van der Waals surface area contributed by atoms with Gasteiger partial charge < -0.3 is 24.2 Å². The maximum Gasteiger partial charge on any atom is 0.321 e. The molecule has 0 saturated carbocycles. The van der Waals surface area contributed by atoms with Gasteiger partial charge in [-0.05, 0) is 68.8 Å². The number of ether oxygens (including phenoxy) is 2. The topological polar surface area (TPSA) is 94.8 Å². The van der Waals surface area contributed by atoms with Crippen molar-refractivity contribution in [3.8, 4) is 18.0 Å². The molecule has 0 unspecified atom stereocenters. The molecule has 3 aliphatic heterocycles. The second-order valence-electron chi connectivity index (χ2n) is 11.7. The summed E-state index contributed by atoms with van der Waals surface area (Å²) in [6.45, 7) is 9.11. The number of likely N-dealkylation sites (tertiary alicyclic amines) is 1. The molecule has 2 aromatic rings. The standard InChI is InChI=1S/C31H38N6O3/c1-4-27(38)37-17-16-36(19-22(37)12-14-32)28-25-11-13-31(18-21(2)24-9-5-6-10-26(24)31)40-29(25)34-30(33-28)39-20-23-8-7-15-35(23)3/h4-6,9-10,21-23H,1,7-8,11-13,15-20H2,2-3H3/t21-,22+,23+,31+/m1/s1. The fraction of sp³-hybridized carbons (Fsp3) is 0.548. The highest BCUT2D eigenvalue weighted by molar-refractivity contribution is 5.87. The first kappa shape index (κ1) is 26.6. The fourth-order valence-electron chi connectivity index (χ4n) is 7.11. The van der Waals surface area contributed by atoms with Gasteiger partial charge >= 0.3 is 6.01 Å². The molecular formula is C31H38N6O3. The molecule has 9 nitrogen and oxygen atoms in total. The number of benzene rings is 1. The summed E-state index contributed by atoms with van der Waals surface area (Å²) in [6, 6.07) is 11.3. The molecule has 6 rings (SSSR count). The van der Waals surface area contributed by atoms with Crippen molar-refractivity contribution in [1.29, 1.82) is 5.26 Å². The highest BCUT2D eigenvalue weighted by atomic mass is 16.5. The second-order valence-corrected chi connectivity index (χ2v) is 11.7. The minimum Gasteiger partial charge on any atom is -0.466 e. The molecule has 4 atom stereocenters. The summed E-state index contributed by atoms with van der Waals surface area (Å²) in [7, 11) is 2.13. The Hall–Kier alpha value is -3.64. The van der Waals surface area contributed by atoms with E-state index in [4.69, 9.17) is 19.4 Å². The number of nitrogens with zero attached hydrogens (tertiary/aromatic N) is 6. The zero-order valence-corrected chi connectivity index (χ0v) is 23.5. The Morgan fingerprint density at radius 3 is 2.90 bits per heavy atom. The Balaban J connectivity index is 1.34. The van der Waals surface area contributed by atoms with Crippen LogP contribution in [0.25, 0.3) is 0 Å². The minimum atomic E-state index is -0.407. The van der Waals surface area contributed by atoms with Crippen LogP contribution in [-0.4, -0.2) is 77.6 Å². The zero-order chi connectivity index (χ0) is 27.9. The highest BCUT2D eigenvalue weighted by Crippen LogP contribution is 2.52. The first-order chi connectivity index (χ1) is 19.4. The number of carbonyl (C=O) groups is 1. The molecule has 0 N–H and O–H groups in total. The SMILES string of the molecule is C=CC(=O)N1CCN(c2nc(OC[C@@H]3CCCN3C)nc3c2CC[C@@]2(C[C@@H](C)c4ccccc42)O3)C[C@@H]1CC#N. The molecule has 0 radical (unpaired) electrons. The third kappa shape index (κ3) is 4.68. The average molecular weight is 543 g/mol. The van der Waals surface area contributed by atoms with Crippen molar-refractivity contribution >= 4 is 11.7 Å². The third-order valence-corrected chi connectivity index (χ3v) is 9.26. The van der Waals surface area contributed by atoms with Crippen LogP contribution in [0.2, 0.25) is 0 Å². The number of nitriles is 1. The number of aromatic nitrogens is 2. The van der Waals surface area contributed by atoms with E-state index >= 15 is 0 Å². The normalized spacial score (nSPS) is 27.6. The van der Waals surface area contributed by atoms with E-state index in [1.54, 1.807) is 4.90 Å². The lowest BCUT2D eigenvalue weighted by Gasteiger charge is -2.42. The Morgan fingerprint density at radius 1 is 1.27 bits per heavy atom. The Morgan fingerprint density at radius 2 is 2.12 bits per heavy atom. The molecule has 2 saturated heterocycles. The number of hydrogen-bond donors (Lipinski definition) is 0. The van der Waals surface area contributed by atoms with Gasteiger partial charge in [-0.1, -0.05) is 37.8 Å². The number of rotatable bonds is 6. The second kappa shape index (κ2) is 10.7. The summed E-state index contributed by atoms with van der Waals surface area (Å²) in [5, 5.41) is 9.50. The quantitative estimate of drug-likeness (QED) is 0.509. The van der Waals surface area contributed by atoms with E-state index < -0.39 is 5.60 Å². The molecule has 1 spiro atoms. The number of fused-ring (bicyclic) bond motifs is 3. The van der Waals surface area contributed by atoms with Crippen LogP contribution in [0.1, 0.15) is 61.6 Å². The Kier molecular flexibility index (Phi) is 7.13. The summed E-state index contributed by atoms with van der Waals surface area (Å²) in [6.07, 6.45) is 6.38. The van der Waals surface area contributed by atoms with E-state index in [1.165, 1.54) is 17.2 Å². The summed E-state index contributed by atoms with van der Waals surface area (Å²) in [5.74, 6) is 1.66. The van der Waals surface area contributed by atoms with Crippen LogP contribution in [-0.2, 0) is 16.8 Å². The summed E-state index contributed by atoms with van der Waals surface area (Å²) < 4.78 is 13.1. The van der Waals surface area contributed by atoms with Crippen LogP contribution in [0.15, 0.2) is 36.9 Å². The van der Waals surface area contributed by atoms with Crippen LogP contribution in [0.3, 0.4) is 0 Å². The van der Waals surface area contributed by atoms with Gasteiger partial charge in [0, 0.05) is 25.7 Å². The van der Waals surface area contributed by atoms with E-state index in [-0.39, 0.29) is 18.4 Å². The molecule has 40 heavy (non-hydrogen) atoms. The van der Waals surface area contributed by atoms with Gasteiger partial charge in [0.15, 0.2) is 0 Å². The lowest BCUT2D eigenvalue weighted by Crippen LogP contribution is -2.55. The van der Waals surface area contributed by atoms with Gasteiger partial charge in [-0.25, -0.2) is 0 Å². The van der Waals surface area contributed by atoms with Gasteiger partial charge in [0.05, 0.1) is 24.1 Å². The predicted molar refractivity (Wildman–Crippen MR) is 151 cm³/mol. The average Bonchev–Trinajstić information content (AvgIpc) is 3.50. The maximum atomic E-state index is 12.5. The Labute approximate surface area is 236 Å². The van der Waals surface area contributed by atoms with Gasteiger partial charge in [-0.2, -0.15) is 15.2 Å². The monoisotopic (exact) mass is 542 g/mol. The summed E-state index contributed by atoms with van der Waals surface area (Å²) in [4.78, 5) is 28.5. The van der Waals surface area contributed by atoms with Crippen LogP contribution in [0, 0.1) is 11.3 Å². The third-order valence-electron chi connectivity index (χ3n) is 9.26. The molecule has 2 fully saturated rings. The molecule has 1 aromatic heterocycles. The van der Waals surface area contributed by atoms with Crippen molar-refractivity contribution in [3.05, 3.63) is 53.6 Å². The van der Waals surface area contributed by atoms with Crippen molar-refractivity contribution in [3.63, 3.8) is 0 Å². The van der Waals surface area contributed by atoms with E-state index in [9.17, 15) is 10.1 Å². The Bertz CT molecular complexity index is 1340. The summed E-state index contributed by atoms with van der Waals surface area (Å²) >= 11 is 0. The summed E-state index contributed by atoms with van der Waals surface area (Å²) in [5.41, 5.74) is 3.18. The molecule has 4 aliphatic rings. The van der Waals surface area contributed by atoms with Crippen LogP contribution in [0.4, 0.5) is 5.82 Å². The number of anilines is 1. The van der Waals surface area contributed by atoms with Crippen molar-refractivity contribution in [2.45, 2.75) is 69.1 Å². The smallest absolute Gasteiger partial charge is 0.321 e. The molecule has 0 bridgehead atoms. The largest absolute Gasteiger partial charge is 0.466 e. The predicted octanol–water partition coefficient (Wildman–Crippen LogP) is 3.79. The van der Waals surface area contributed by atoms with E-state index in [1.807, 2.05) is 0 Å². The molecule has 1 aliphatic carbocycles. The maximum absolute atomic E-state index is 12.5.